The molecule has 0 aliphatic carbocycles. The monoisotopic (exact) mass is 335 g/mol. The van der Waals surface area contributed by atoms with Crippen LogP contribution in [0.1, 0.15) is 37.3 Å². The third kappa shape index (κ3) is 3.69. The van der Waals surface area contributed by atoms with E-state index in [1.54, 1.807) is 23.7 Å². The lowest BCUT2D eigenvalue weighted by Gasteiger charge is -2.29. The second kappa shape index (κ2) is 7.21. The van der Waals surface area contributed by atoms with Gasteiger partial charge in [0.15, 0.2) is 0 Å². The van der Waals surface area contributed by atoms with E-state index >= 15 is 0 Å². The van der Waals surface area contributed by atoms with Crippen LogP contribution in [0.5, 0.6) is 0 Å². The smallest absolute Gasteiger partial charge is 0.321 e. The highest BCUT2D eigenvalue weighted by Crippen LogP contribution is 2.27. The van der Waals surface area contributed by atoms with E-state index in [1.165, 1.54) is 0 Å². The minimum atomic E-state index is -0.452. The van der Waals surface area contributed by atoms with Gasteiger partial charge in [-0.15, -0.1) is 0 Å². The Kier molecular flexibility index (Phi) is 5.03. The number of amides is 3. The first-order valence-electron chi connectivity index (χ1n) is 8.49. The van der Waals surface area contributed by atoms with Crippen LogP contribution in [0.3, 0.4) is 0 Å². The van der Waals surface area contributed by atoms with Gasteiger partial charge < -0.3 is 15.0 Å². The van der Waals surface area contributed by atoms with Gasteiger partial charge in [-0.05, 0) is 25.7 Å². The quantitative estimate of drug-likeness (QED) is 0.864. The molecule has 2 saturated heterocycles. The van der Waals surface area contributed by atoms with Crippen LogP contribution in [0.15, 0.2) is 6.07 Å². The summed E-state index contributed by atoms with van der Waals surface area (Å²) in [5.74, 6) is 0.965. The van der Waals surface area contributed by atoms with Crippen molar-refractivity contribution in [1.29, 1.82) is 0 Å². The van der Waals surface area contributed by atoms with E-state index in [4.69, 9.17) is 4.74 Å². The van der Waals surface area contributed by atoms with Gasteiger partial charge in [-0.3, -0.25) is 14.8 Å². The molecule has 3 rings (SSSR count). The first-order chi connectivity index (χ1) is 11.5. The number of aromatic nitrogens is 2. The first-order valence-corrected chi connectivity index (χ1v) is 8.49. The molecule has 0 radical (unpaired) electrons. The predicted molar refractivity (Wildman–Crippen MR) is 88.8 cm³/mol. The molecule has 2 fully saturated rings. The lowest BCUT2D eigenvalue weighted by molar-refractivity contribution is -0.134. The van der Waals surface area contributed by atoms with Gasteiger partial charge in [0.2, 0.25) is 5.91 Å². The van der Waals surface area contributed by atoms with Gasteiger partial charge >= 0.3 is 6.03 Å². The summed E-state index contributed by atoms with van der Waals surface area (Å²) in [6, 6.07) is 1.09. The van der Waals surface area contributed by atoms with Crippen molar-refractivity contribution in [2.45, 2.75) is 37.6 Å². The third-order valence-electron chi connectivity index (χ3n) is 4.75. The Morgan fingerprint density at radius 3 is 2.79 bits per heavy atom. The van der Waals surface area contributed by atoms with Crippen molar-refractivity contribution in [1.82, 2.24) is 20.0 Å². The fraction of sp³-hybridized carbons (Fsp3) is 0.688. The number of hydrogen-bond acceptors (Lipinski definition) is 4. The Morgan fingerprint density at radius 1 is 1.29 bits per heavy atom. The minimum Gasteiger partial charge on any atom is -0.381 e. The maximum absolute atomic E-state index is 12.2. The SMILES string of the molecule is CN1CCCC(NC(=O)Nc2cc(C3CCOCC3)nn2C)C1=O. The summed E-state index contributed by atoms with van der Waals surface area (Å²) < 4.78 is 7.04. The van der Waals surface area contributed by atoms with E-state index in [9.17, 15) is 9.59 Å². The molecule has 2 aliphatic rings. The zero-order valence-corrected chi connectivity index (χ0v) is 14.2. The number of anilines is 1. The molecular weight excluding hydrogens is 310 g/mol. The number of carbonyl (C=O) groups is 2. The molecule has 2 N–H and O–H groups in total. The molecule has 3 heterocycles. The molecule has 1 atom stereocenters. The van der Waals surface area contributed by atoms with Crippen molar-refractivity contribution in [3.05, 3.63) is 11.8 Å². The molecule has 0 bridgehead atoms. The Labute approximate surface area is 141 Å². The van der Waals surface area contributed by atoms with Gasteiger partial charge in [0.05, 0.1) is 5.69 Å². The normalized spacial score (nSPS) is 22.5. The minimum absolute atomic E-state index is 0.0377. The second-order valence-corrected chi connectivity index (χ2v) is 6.52. The fourth-order valence-corrected chi connectivity index (χ4v) is 3.28. The van der Waals surface area contributed by atoms with Crippen molar-refractivity contribution in [2.24, 2.45) is 7.05 Å². The molecule has 0 saturated carbocycles. The second-order valence-electron chi connectivity index (χ2n) is 6.52. The van der Waals surface area contributed by atoms with Crippen LogP contribution < -0.4 is 10.6 Å². The molecule has 2 aliphatic heterocycles. The van der Waals surface area contributed by atoms with E-state index < -0.39 is 6.04 Å². The van der Waals surface area contributed by atoms with Gasteiger partial charge in [0.25, 0.3) is 0 Å². The van der Waals surface area contributed by atoms with E-state index in [1.807, 2.05) is 6.07 Å². The first kappa shape index (κ1) is 16.8. The Balaban J connectivity index is 1.60. The number of rotatable bonds is 3. The topological polar surface area (TPSA) is 88.5 Å². The molecular formula is C16H25N5O3. The largest absolute Gasteiger partial charge is 0.381 e. The molecule has 1 aromatic rings. The zero-order chi connectivity index (χ0) is 17.1. The number of hydrogen-bond donors (Lipinski definition) is 2. The summed E-state index contributed by atoms with van der Waals surface area (Å²) in [7, 11) is 3.56. The number of nitrogens with zero attached hydrogens (tertiary/aromatic N) is 3. The maximum atomic E-state index is 12.2. The van der Waals surface area contributed by atoms with Crippen LogP contribution in [0.2, 0.25) is 0 Å². The molecule has 24 heavy (non-hydrogen) atoms. The van der Waals surface area contributed by atoms with Gasteiger partial charge in [0, 0.05) is 45.8 Å². The molecule has 0 spiro atoms. The average Bonchev–Trinajstić information content (AvgIpc) is 2.93. The van der Waals surface area contributed by atoms with E-state index in [-0.39, 0.29) is 11.9 Å². The highest BCUT2D eigenvalue weighted by atomic mass is 16.5. The zero-order valence-electron chi connectivity index (χ0n) is 14.2. The van der Waals surface area contributed by atoms with Gasteiger partial charge in [-0.25, -0.2) is 4.79 Å². The van der Waals surface area contributed by atoms with Crippen LogP contribution in [0, 0.1) is 0 Å². The molecule has 8 nitrogen and oxygen atoms in total. The summed E-state index contributed by atoms with van der Waals surface area (Å²) in [5.41, 5.74) is 0.976. The molecule has 132 valence electrons. The average molecular weight is 335 g/mol. The van der Waals surface area contributed by atoms with Crippen LogP contribution in [0.4, 0.5) is 10.6 Å². The highest BCUT2D eigenvalue weighted by molar-refractivity contribution is 5.93. The number of urea groups is 1. The molecule has 0 aromatic carbocycles. The number of likely N-dealkylation sites (N-methyl/N-ethyl adjacent to an activating group) is 1. The lowest BCUT2D eigenvalue weighted by Crippen LogP contribution is -2.51. The van der Waals surface area contributed by atoms with Gasteiger partial charge in [0.1, 0.15) is 11.9 Å². The number of likely N-dealkylation sites (tertiary alicyclic amines) is 1. The standard InChI is InChI=1S/C16H25N5O3/c1-20-7-3-4-12(15(20)22)17-16(23)18-14-10-13(19-21(14)2)11-5-8-24-9-6-11/h10-12H,3-9H2,1-2H3,(H2,17,18,23). The Bertz CT molecular complexity index is 609. The Morgan fingerprint density at radius 2 is 2.04 bits per heavy atom. The Hall–Kier alpha value is -2.09. The lowest BCUT2D eigenvalue weighted by atomic mass is 9.97. The van der Waals surface area contributed by atoms with Crippen LogP contribution in [-0.4, -0.2) is 59.5 Å². The number of piperidine rings is 1. The highest BCUT2D eigenvalue weighted by Gasteiger charge is 2.28. The van der Waals surface area contributed by atoms with Crippen LogP contribution >= 0.6 is 0 Å². The number of ether oxygens (including phenoxy) is 1. The molecule has 8 heteroatoms. The number of nitrogens with one attached hydrogen (secondary N) is 2. The van der Waals surface area contributed by atoms with Crippen LogP contribution in [-0.2, 0) is 16.6 Å². The summed E-state index contributed by atoms with van der Waals surface area (Å²) in [6.07, 6.45) is 3.47. The molecule has 1 unspecified atom stereocenters. The number of aryl methyl sites for hydroxylation is 1. The van der Waals surface area contributed by atoms with Crippen molar-refractivity contribution in [3.8, 4) is 0 Å². The third-order valence-corrected chi connectivity index (χ3v) is 4.75. The van der Waals surface area contributed by atoms with E-state index in [0.717, 1.165) is 44.7 Å². The van der Waals surface area contributed by atoms with Gasteiger partial charge in [-0.1, -0.05) is 0 Å². The summed E-state index contributed by atoms with van der Waals surface area (Å²) in [4.78, 5) is 25.9. The van der Waals surface area contributed by atoms with Crippen molar-refractivity contribution < 1.29 is 14.3 Å². The summed E-state index contributed by atoms with van der Waals surface area (Å²) >= 11 is 0. The predicted octanol–water partition coefficient (Wildman–Crippen LogP) is 1.06. The van der Waals surface area contributed by atoms with Crippen molar-refractivity contribution in [3.63, 3.8) is 0 Å². The number of carbonyl (C=O) groups excluding carboxylic acids is 2. The summed E-state index contributed by atoms with van der Waals surface area (Å²) in [6.45, 7) is 2.25. The summed E-state index contributed by atoms with van der Waals surface area (Å²) in [5, 5.41) is 10.1. The molecule has 1 aromatic heterocycles. The van der Waals surface area contributed by atoms with E-state index in [2.05, 4.69) is 15.7 Å². The van der Waals surface area contributed by atoms with Crippen LogP contribution in [0.25, 0.3) is 0 Å². The molecule has 3 amide bonds. The van der Waals surface area contributed by atoms with Gasteiger partial charge in [-0.2, -0.15) is 5.10 Å². The van der Waals surface area contributed by atoms with Crippen molar-refractivity contribution >= 4 is 17.8 Å². The van der Waals surface area contributed by atoms with E-state index in [0.29, 0.717) is 18.2 Å². The fourth-order valence-electron chi connectivity index (χ4n) is 3.28. The van der Waals surface area contributed by atoms with Crippen molar-refractivity contribution in [2.75, 3.05) is 32.1 Å². The maximum Gasteiger partial charge on any atom is 0.321 e.